The summed E-state index contributed by atoms with van der Waals surface area (Å²) in [5.74, 6) is -0.671. The van der Waals surface area contributed by atoms with Gasteiger partial charge in [-0.05, 0) is 30.5 Å². The average Bonchev–Trinajstić information content (AvgIpc) is 2.38. The lowest BCUT2D eigenvalue weighted by Crippen LogP contribution is -2.46. The lowest BCUT2D eigenvalue weighted by molar-refractivity contribution is -0.125. The lowest BCUT2D eigenvalue weighted by atomic mass is 10.1. The average molecular weight is 298 g/mol. The smallest absolute Gasteiger partial charge is 0.243 e. The van der Waals surface area contributed by atoms with E-state index in [0.717, 1.165) is 5.56 Å². The van der Waals surface area contributed by atoms with Crippen LogP contribution in [0.3, 0.4) is 0 Å². The molecule has 0 unspecified atom stereocenters. The number of rotatable bonds is 5. The zero-order valence-electron chi connectivity index (χ0n) is 11.9. The van der Waals surface area contributed by atoms with E-state index in [9.17, 15) is 9.59 Å². The minimum absolute atomic E-state index is 0.0182. The largest absolute Gasteiger partial charge is 0.346 e. The molecule has 0 aliphatic carbocycles. The number of nitrogens with one attached hydrogen (secondary N) is 2. The molecule has 0 spiro atoms. The number of hydrogen-bond acceptors (Lipinski definition) is 3. The topological polar surface area (TPSA) is 84.2 Å². The van der Waals surface area contributed by atoms with Gasteiger partial charge >= 0.3 is 0 Å². The van der Waals surface area contributed by atoms with Crippen LogP contribution in [0, 0.1) is 12.8 Å². The summed E-state index contributed by atoms with van der Waals surface area (Å²) >= 11 is 6.01. The minimum Gasteiger partial charge on any atom is -0.346 e. The molecule has 20 heavy (non-hydrogen) atoms. The van der Waals surface area contributed by atoms with Crippen molar-refractivity contribution in [2.24, 2.45) is 11.7 Å². The number of carbonyl (C=O) groups is 2. The van der Waals surface area contributed by atoms with Crippen molar-refractivity contribution in [1.29, 1.82) is 0 Å². The molecule has 0 aliphatic rings. The summed E-state index contributed by atoms with van der Waals surface area (Å²) in [7, 11) is 0. The van der Waals surface area contributed by atoms with Gasteiger partial charge in [-0.3, -0.25) is 9.59 Å². The molecule has 6 heteroatoms. The number of benzene rings is 1. The molecule has 0 saturated carbocycles. The Bertz CT molecular complexity index is 503. The van der Waals surface area contributed by atoms with Crippen molar-refractivity contribution in [1.82, 2.24) is 5.32 Å². The molecule has 0 saturated heterocycles. The van der Waals surface area contributed by atoms with Gasteiger partial charge in [-0.25, -0.2) is 0 Å². The van der Waals surface area contributed by atoms with Gasteiger partial charge in [0, 0.05) is 0 Å². The van der Waals surface area contributed by atoms with E-state index in [2.05, 4.69) is 10.6 Å². The van der Waals surface area contributed by atoms with Gasteiger partial charge in [0.15, 0.2) is 0 Å². The Hall–Kier alpha value is -1.59. The van der Waals surface area contributed by atoms with Crippen LogP contribution in [0.15, 0.2) is 18.2 Å². The predicted octanol–water partition coefficient (Wildman–Crippen LogP) is 1.69. The van der Waals surface area contributed by atoms with Crippen LogP contribution in [0.1, 0.15) is 19.4 Å². The molecule has 5 nitrogen and oxygen atoms in total. The van der Waals surface area contributed by atoms with Gasteiger partial charge in [0.05, 0.1) is 23.3 Å². The quantitative estimate of drug-likeness (QED) is 0.773. The van der Waals surface area contributed by atoms with Crippen LogP contribution in [0.25, 0.3) is 0 Å². The van der Waals surface area contributed by atoms with Crippen molar-refractivity contribution < 1.29 is 9.59 Å². The van der Waals surface area contributed by atoms with Crippen LogP contribution in [-0.2, 0) is 9.59 Å². The molecule has 2 amide bonds. The van der Waals surface area contributed by atoms with Crippen LogP contribution >= 0.6 is 11.6 Å². The fourth-order valence-electron chi connectivity index (χ4n) is 1.50. The Morgan fingerprint density at radius 2 is 2.00 bits per heavy atom. The number of anilines is 1. The fourth-order valence-corrected chi connectivity index (χ4v) is 1.79. The van der Waals surface area contributed by atoms with Gasteiger partial charge in [-0.2, -0.15) is 0 Å². The molecule has 0 fully saturated rings. The van der Waals surface area contributed by atoms with Gasteiger partial charge in [0.2, 0.25) is 11.8 Å². The molecule has 110 valence electrons. The molecule has 1 atom stereocenters. The third-order valence-electron chi connectivity index (χ3n) is 2.84. The summed E-state index contributed by atoms with van der Waals surface area (Å²) in [6.07, 6.45) is 0. The minimum atomic E-state index is -0.620. The molecule has 1 aromatic carbocycles. The van der Waals surface area contributed by atoms with E-state index < -0.39 is 6.04 Å². The number of halogens is 1. The standard InChI is InChI=1S/C14H20ClN3O2/c1-8(2)13(16)14(20)17-7-12(19)18-11-5-4-9(3)6-10(11)15/h4-6,8,13H,7,16H2,1-3H3,(H,17,20)(H,18,19)/t13-/m0/s1. The van der Waals surface area contributed by atoms with Gasteiger partial charge < -0.3 is 16.4 Å². The predicted molar refractivity (Wildman–Crippen MR) is 80.6 cm³/mol. The highest BCUT2D eigenvalue weighted by atomic mass is 35.5. The zero-order valence-corrected chi connectivity index (χ0v) is 12.6. The van der Waals surface area contributed by atoms with Gasteiger partial charge in [-0.1, -0.05) is 31.5 Å². The maximum atomic E-state index is 11.7. The van der Waals surface area contributed by atoms with E-state index in [4.69, 9.17) is 17.3 Å². The zero-order chi connectivity index (χ0) is 15.3. The van der Waals surface area contributed by atoms with Gasteiger partial charge in [0.25, 0.3) is 0 Å². The number of carbonyl (C=O) groups excluding carboxylic acids is 2. The fraction of sp³-hybridized carbons (Fsp3) is 0.429. The normalized spacial score (nSPS) is 12.1. The maximum Gasteiger partial charge on any atom is 0.243 e. The number of aryl methyl sites for hydroxylation is 1. The highest BCUT2D eigenvalue weighted by Crippen LogP contribution is 2.22. The Morgan fingerprint density at radius 1 is 1.35 bits per heavy atom. The SMILES string of the molecule is Cc1ccc(NC(=O)CNC(=O)[C@@H](N)C(C)C)c(Cl)c1. The van der Waals surface area contributed by atoms with E-state index >= 15 is 0 Å². The molecular formula is C14H20ClN3O2. The molecule has 0 radical (unpaired) electrons. The summed E-state index contributed by atoms with van der Waals surface area (Å²) in [4.78, 5) is 23.3. The van der Waals surface area contributed by atoms with Crippen molar-refractivity contribution in [3.63, 3.8) is 0 Å². The first-order valence-electron chi connectivity index (χ1n) is 6.40. The molecule has 4 N–H and O–H groups in total. The molecular weight excluding hydrogens is 278 g/mol. The van der Waals surface area contributed by atoms with E-state index in [-0.39, 0.29) is 24.3 Å². The van der Waals surface area contributed by atoms with Crippen molar-refractivity contribution in [3.05, 3.63) is 28.8 Å². The Balaban J connectivity index is 2.50. The number of amides is 2. The van der Waals surface area contributed by atoms with Crippen molar-refractivity contribution in [2.75, 3.05) is 11.9 Å². The monoisotopic (exact) mass is 297 g/mol. The summed E-state index contributed by atoms with van der Waals surface area (Å²) in [5.41, 5.74) is 7.20. The highest BCUT2D eigenvalue weighted by Gasteiger charge is 2.17. The molecule has 0 bridgehead atoms. The summed E-state index contributed by atoms with van der Waals surface area (Å²) in [6, 6.07) is 4.70. The second-order valence-corrected chi connectivity index (χ2v) is 5.43. The van der Waals surface area contributed by atoms with Gasteiger partial charge in [-0.15, -0.1) is 0 Å². The maximum absolute atomic E-state index is 11.7. The Labute approximate surface area is 123 Å². The Kier molecular flexibility index (Phi) is 5.98. The lowest BCUT2D eigenvalue weighted by Gasteiger charge is -2.15. The van der Waals surface area contributed by atoms with Crippen LogP contribution in [0.2, 0.25) is 5.02 Å². The van der Waals surface area contributed by atoms with Crippen LogP contribution in [-0.4, -0.2) is 24.4 Å². The molecule has 0 heterocycles. The first-order valence-corrected chi connectivity index (χ1v) is 6.78. The summed E-state index contributed by atoms with van der Waals surface area (Å²) < 4.78 is 0. The first-order chi connectivity index (χ1) is 9.31. The van der Waals surface area contributed by atoms with E-state index in [1.54, 1.807) is 12.1 Å². The number of hydrogen-bond donors (Lipinski definition) is 3. The number of nitrogens with two attached hydrogens (primary N) is 1. The third-order valence-corrected chi connectivity index (χ3v) is 3.16. The van der Waals surface area contributed by atoms with Crippen LogP contribution < -0.4 is 16.4 Å². The second kappa shape index (κ2) is 7.26. The van der Waals surface area contributed by atoms with E-state index in [1.807, 2.05) is 26.8 Å². The molecule has 0 aliphatic heterocycles. The van der Waals surface area contributed by atoms with Crippen LogP contribution in [0.4, 0.5) is 5.69 Å². The Morgan fingerprint density at radius 3 is 2.55 bits per heavy atom. The van der Waals surface area contributed by atoms with Crippen molar-refractivity contribution in [3.8, 4) is 0 Å². The van der Waals surface area contributed by atoms with Crippen molar-refractivity contribution >= 4 is 29.1 Å². The molecule has 0 aromatic heterocycles. The molecule has 1 aromatic rings. The van der Waals surface area contributed by atoms with Crippen molar-refractivity contribution in [2.45, 2.75) is 26.8 Å². The summed E-state index contributed by atoms with van der Waals surface area (Å²) in [5, 5.41) is 5.59. The first kappa shape index (κ1) is 16.5. The van der Waals surface area contributed by atoms with Crippen LogP contribution in [0.5, 0.6) is 0 Å². The highest BCUT2D eigenvalue weighted by molar-refractivity contribution is 6.33. The van der Waals surface area contributed by atoms with E-state index in [0.29, 0.717) is 10.7 Å². The third kappa shape index (κ3) is 4.83. The summed E-state index contributed by atoms with van der Waals surface area (Å²) in [6.45, 7) is 5.46. The van der Waals surface area contributed by atoms with E-state index in [1.165, 1.54) is 0 Å². The molecule has 1 rings (SSSR count). The second-order valence-electron chi connectivity index (χ2n) is 5.02. The van der Waals surface area contributed by atoms with Gasteiger partial charge in [0.1, 0.15) is 0 Å².